The zero-order valence-electron chi connectivity index (χ0n) is 20.7. The van der Waals surface area contributed by atoms with Gasteiger partial charge in [-0.15, -0.1) is 0 Å². The summed E-state index contributed by atoms with van der Waals surface area (Å²) in [6, 6.07) is 9.12. The number of carbonyl (C=O) groups excluding carboxylic acids is 2. The zero-order chi connectivity index (χ0) is 25.1. The number of nitrogens with zero attached hydrogens (tertiary/aromatic N) is 5. The largest absolute Gasteiger partial charge is 0.370 e. The Hall–Kier alpha value is -3.79. The third-order valence-corrected chi connectivity index (χ3v) is 6.64. The van der Waals surface area contributed by atoms with E-state index >= 15 is 0 Å². The molecule has 1 aliphatic carbocycles. The van der Waals surface area contributed by atoms with Crippen molar-refractivity contribution in [1.29, 1.82) is 0 Å². The Balaban J connectivity index is 1.26. The maximum absolute atomic E-state index is 13.1. The van der Waals surface area contributed by atoms with Crippen LogP contribution in [0.3, 0.4) is 0 Å². The van der Waals surface area contributed by atoms with Crippen molar-refractivity contribution in [2.75, 3.05) is 43.9 Å². The fourth-order valence-corrected chi connectivity index (χ4v) is 4.43. The lowest BCUT2D eigenvalue weighted by molar-refractivity contribution is 0.0942. The Labute approximate surface area is 210 Å². The molecule has 1 aliphatic heterocycles. The molecular weight excluding hydrogens is 456 g/mol. The molecule has 3 N–H and O–H groups in total. The molecule has 1 atom stereocenters. The lowest BCUT2D eigenvalue weighted by atomic mass is 10.1. The minimum Gasteiger partial charge on any atom is -0.370 e. The minimum absolute atomic E-state index is 0.189. The number of anilines is 2. The van der Waals surface area contributed by atoms with Gasteiger partial charge in [0, 0.05) is 44.6 Å². The van der Waals surface area contributed by atoms with E-state index < -0.39 is 5.91 Å². The number of aromatic nitrogens is 4. The molecule has 3 aromatic heterocycles. The maximum Gasteiger partial charge on any atom is 0.274 e. The van der Waals surface area contributed by atoms with Crippen LogP contribution >= 0.6 is 0 Å². The molecule has 0 radical (unpaired) electrons. The topological polar surface area (TPSA) is 117 Å². The molecule has 1 unspecified atom stereocenters. The Bertz CT molecular complexity index is 1250. The van der Waals surface area contributed by atoms with Crippen LogP contribution in [0.1, 0.15) is 40.2 Å². The van der Waals surface area contributed by atoms with Crippen molar-refractivity contribution in [3.8, 4) is 11.3 Å². The summed E-state index contributed by atoms with van der Waals surface area (Å²) < 4.78 is 1.52. The maximum atomic E-state index is 13.1. The molecule has 2 amide bonds. The lowest BCUT2D eigenvalue weighted by Crippen LogP contribution is -2.31. The van der Waals surface area contributed by atoms with Gasteiger partial charge in [-0.3, -0.25) is 14.3 Å². The summed E-state index contributed by atoms with van der Waals surface area (Å²) in [7, 11) is 3.80. The van der Waals surface area contributed by atoms with Crippen LogP contribution in [0, 0.1) is 11.8 Å². The average molecular weight is 489 g/mol. The summed E-state index contributed by atoms with van der Waals surface area (Å²) in [5.41, 5.74) is 2.34. The van der Waals surface area contributed by atoms with Crippen LogP contribution in [-0.4, -0.2) is 69.7 Å². The van der Waals surface area contributed by atoms with E-state index in [4.69, 9.17) is 0 Å². The summed E-state index contributed by atoms with van der Waals surface area (Å²) in [6.45, 7) is 3.50. The third kappa shape index (κ3) is 5.88. The van der Waals surface area contributed by atoms with E-state index in [1.54, 1.807) is 31.6 Å². The normalized spacial score (nSPS) is 17.7. The Kier molecular flexibility index (Phi) is 6.95. The van der Waals surface area contributed by atoms with Crippen LogP contribution in [-0.2, 0) is 7.05 Å². The van der Waals surface area contributed by atoms with Crippen molar-refractivity contribution in [2.45, 2.75) is 19.3 Å². The van der Waals surface area contributed by atoms with Gasteiger partial charge in [-0.1, -0.05) is 6.07 Å². The van der Waals surface area contributed by atoms with E-state index in [1.165, 1.54) is 17.5 Å². The Morgan fingerprint density at radius 2 is 1.92 bits per heavy atom. The van der Waals surface area contributed by atoms with Gasteiger partial charge >= 0.3 is 0 Å². The summed E-state index contributed by atoms with van der Waals surface area (Å²) in [5.74, 6) is 1.25. The number of hydrogen-bond donors (Lipinski definition) is 3. The van der Waals surface area contributed by atoms with E-state index in [9.17, 15) is 9.59 Å². The van der Waals surface area contributed by atoms with Crippen molar-refractivity contribution in [2.24, 2.45) is 18.9 Å². The first-order chi connectivity index (χ1) is 17.4. The van der Waals surface area contributed by atoms with Gasteiger partial charge in [0.15, 0.2) is 5.69 Å². The first kappa shape index (κ1) is 23.9. The second-order valence-corrected chi connectivity index (χ2v) is 9.81. The third-order valence-electron chi connectivity index (χ3n) is 6.64. The molecule has 10 heteroatoms. The fourth-order valence-electron chi connectivity index (χ4n) is 4.43. The fraction of sp³-hybridized carbons (Fsp3) is 0.423. The van der Waals surface area contributed by atoms with Crippen molar-refractivity contribution < 1.29 is 9.59 Å². The molecule has 1 saturated heterocycles. The monoisotopic (exact) mass is 488 g/mol. The van der Waals surface area contributed by atoms with Gasteiger partial charge < -0.3 is 20.9 Å². The van der Waals surface area contributed by atoms with Gasteiger partial charge in [-0.25, -0.2) is 9.97 Å². The molecule has 10 nitrogen and oxygen atoms in total. The first-order valence-electron chi connectivity index (χ1n) is 12.4. The quantitative estimate of drug-likeness (QED) is 0.424. The second kappa shape index (κ2) is 10.4. The highest BCUT2D eigenvalue weighted by molar-refractivity contribution is 6.07. The van der Waals surface area contributed by atoms with Crippen LogP contribution in [0.15, 0.2) is 42.7 Å². The number of amides is 2. The smallest absolute Gasteiger partial charge is 0.274 e. The molecule has 3 aromatic rings. The summed E-state index contributed by atoms with van der Waals surface area (Å²) >= 11 is 0. The van der Waals surface area contributed by atoms with Crippen LogP contribution in [0.25, 0.3) is 11.3 Å². The zero-order valence-corrected chi connectivity index (χ0v) is 20.7. The highest BCUT2D eigenvalue weighted by Gasteiger charge is 2.23. The highest BCUT2D eigenvalue weighted by Crippen LogP contribution is 2.29. The number of rotatable bonds is 9. The predicted molar refractivity (Wildman–Crippen MR) is 138 cm³/mol. The minimum atomic E-state index is -0.405. The number of aryl methyl sites for hydroxylation is 1. The molecule has 0 spiro atoms. The molecule has 2 fully saturated rings. The average Bonchev–Trinajstić information content (AvgIpc) is 3.52. The first-order valence-corrected chi connectivity index (χ1v) is 12.4. The van der Waals surface area contributed by atoms with Gasteiger partial charge in [-0.05, 0) is 69.0 Å². The molecular formula is C26H32N8O2. The molecule has 36 heavy (non-hydrogen) atoms. The van der Waals surface area contributed by atoms with Crippen molar-refractivity contribution in [1.82, 2.24) is 30.0 Å². The molecule has 4 heterocycles. The van der Waals surface area contributed by atoms with Gasteiger partial charge in [0.2, 0.25) is 0 Å². The lowest BCUT2D eigenvalue weighted by Gasteiger charge is -2.12. The van der Waals surface area contributed by atoms with E-state index in [0.29, 0.717) is 23.8 Å². The van der Waals surface area contributed by atoms with E-state index in [0.717, 1.165) is 43.4 Å². The molecule has 5 rings (SSSR count). The molecule has 0 bridgehead atoms. The number of nitrogens with one attached hydrogen (secondary N) is 3. The van der Waals surface area contributed by atoms with Crippen LogP contribution < -0.4 is 16.0 Å². The Morgan fingerprint density at radius 3 is 2.69 bits per heavy atom. The summed E-state index contributed by atoms with van der Waals surface area (Å²) in [6.07, 6.45) is 6.96. The van der Waals surface area contributed by atoms with Crippen molar-refractivity contribution in [3.05, 3.63) is 54.1 Å². The SMILES string of the molecule is CN1CCC(CNC(=O)c2nn(C)cc2NC(=O)c2cccc(-c3ccnc(NCC4CC4)c3)n2)C1. The molecule has 188 valence electrons. The van der Waals surface area contributed by atoms with Crippen LogP contribution in [0.4, 0.5) is 11.5 Å². The Morgan fingerprint density at radius 1 is 1.06 bits per heavy atom. The highest BCUT2D eigenvalue weighted by atomic mass is 16.2. The number of hydrogen-bond acceptors (Lipinski definition) is 7. The van der Waals surface area contributed by atoms with Crippen molar-refractivity contribution in [3.63, 3.8) is 0 Å². The van der Waals surface area contributed by atoms with Gasteiger partial charge in [0.25, 0.3) is 11.8 Å². The molecule has 0 aromatic carbocycles. The van der Waals surface area contributed by atoms with E-state index in [2.05, 4.69) is 43.0 Å². The number of pyridine rings is 2. The van der Waals surface area contributed by atoms with Gasteiger partial charge in [-0.2, -0.15) is 5.10 Å². The van der Waals surface area contributed by atoms with E-state index in [-0.39, 0.29) is 17.3 Å². The summed E-state index contributed by atoms with van der Waals surface area (Å²) in [4.78, 5) is 37.1. The van der Waals surface area contributed by atoms with Gasteiger partial charge in [0.05, 0.1) is 11.4 Å². The van der Waals surface area contributed by atoms with Crippen LogP contribution in [0.5, 0.6) is 0 Å². The van der Waals surface area contributed by atoms with E-state index in [1.807, 2.05) is 18.2 Å². The number of likely N-dealkylation sites (tertiary alicyclic amines) is 1. The second-order valence-electron chi connectivity index (χ2n) is 9.81. The predicted octanol–water partition coefficient (Wildman–Crippen LogP) is 2.63. The van der Waals surface area contributed by atoms with Gasteiger partial charge in [0.1, 0.15) is 11.5 Å². The standard InChI is InChI=1S/C26H32N8O2/c1-33-11-9-18(15-33)14-29-26(36)24-22(16-34(2)32-24)31-25(35)21-5-3-4-20(30-21)19-8-10-27-23(12-19)28-13-17-6-7-17/h3-5,8,10,12,16-18H,6-7,9,11,13-15H2,1-2H3,(H,27,28)(H,29,36)(H,31,35). The molecule has 2 aliphatic rings. The molecule has 1 saturated carbocycles. The summed E-state index contributed by atoms with van der Waals surface area (Å²) in [5, 5.41) is 13.4. The van der Waals surface area contributed by atoms with Crippen LogP contribution in [0.2, 0.25) is 0 Å². The number of carbonyl (C=O) groups is 2. The van der Waals surface area contributed by atoms with Crippen molar-refractivity contribution >= 4 is 23.3 Å².